The molecule has 7 nitrogen and oxygen atoms in total. The molecule has 0 spiro atoms. The Kier molecular flexibility index (Phi) is 5.62. The first kappa shape index (κ1) is 18.9. The average molecular weight is 383 g/mol. The summed E-state index contributed by atoms with van der Waals surface area (Å²) in [6, 6.07) is 2.90. The molecule has 1 N–H and O–H groups in total. The quantitative estimate of drug-likeness (QED) is 0.794. The molecule has 28 heavy (non-hydrogen) atoms. The van der Waals surface area contributed by atoms with Gasteiger partial charge in [0.2, 0.25) is 0 Å². The van der Waals surface area contributed by atoms with Crippen molar-refractivity contribution in [3.8, 4) is 0 Å². The fourth-order valence-corrected chi connectivity index (χ4v) is 4.20. The number of pyridine rings is 1. The summed E-state index contributed by atoms with van der Waals surface area (Å²) in [7, 11) is 1.38. The number of rotatable bonds is 5. The summed E-state index contributed by atoms with van der Waals surface area (Å²) in [6.07, 6.45) is 12.9. The Balaban J connectivity index is 1.47. The Labute approximate surface area is 166 Å². The summed E-state index contributed by atoms with van der Waals surface area (Å²) in [4.78, 5) is 18.8. The Bertz CT molecular complexity index is 830. The first-order valence-corrected chi connectivity index (χ1v) is 10.2. The van der Waals surface area contributed by atoms with Gasteiger partial charge in [-0.1, -0.05) is 6.42 Å². The lowest BCUT2D eigenvalue weighted by Gasteiger charge is -2.36. The van der Waals surface area contributed by atoms with E-state index in [1.807, 2.05) is 6.92 Å². The van der Waals surface area contributed by atoms with Gasteiger partial charge in [-0.25, -0.2) is 4.79 Å². The highest BCUT2D eigenvalue weighted by Gasteiger charge is 2.28. The van der Waals surface area contributed by atoms with E-state index in [0.717, 1.165) is 36.8 Å². The molecular weight excluding hydrogens is 354 g/mol. The standard InChI is InChI=1S/C21H29N5O2/c1-15-20(23-19-13-22-10-8-18(19)21(27)28-2)14-26(24-15)17-7-4-11-25(12-9-17)16-5-3-6-16/h8,10,13-14,16-17,23H,3-7,9,11-12H2,1-2H3. The van der Waals surface area contributed by atoms with E-state index < -0.39 is 0 Å². The van der Waals surface area contributed by atoms with Gasteiger partial charge in [0.15, 0.2) is 0 Å². The molecular formula is C21H29N5O2. The molecule has 2 fully saturated rings. The van der Waals surface area contributed by atoms with E-state index in [4.69, 9.17) is 9.84 Å². The topological polar surface area (TPSA) is 72.3 Å². The molecule has 1 aliphatic heterocycles. The Morgan fingerprint density at radius 1 is 1.14 bits per heavy atom. The maximum absolute atomic E-state index is 12.0. The third-order valence-corrected chi connectivity index (χ3v) is 6.11. The van der Waals surface area contributed by atoms with Gasteiger partial charge in [-0.3, -0.25) is 9.67 Å². The first-order valence-electron chi connectivity index (χ1n) is 10.2. The predicted molar refractivity (Wildman–Crippen MR) is 108 cm³/mol. The van der Waals surface area contributed by atoms with Crippen molar-refractivity contribution in [3.63, 3.8) is 0 Å². The van der Waals surface area contributed by atoms with Crippen LogP contribution in [0.5, 0.6) is 0 Å². The molecule has 2 aromatic rings. The van der Waals surface area contributed by atoms with Crippen LogP contribution in [0.4, 0.5) is 11.4 Å². The molecule has 1 saturated heterocycles. The van der Waals surface area contributed by atoms with E-state index >= 15 is 0 Å². The molecule has 1 saturated carbocycles. The van der Waals surface area contributed by atoms with Crippen LogP contribution in [-0.2, 0) is 4.74 Å². The van der Waals surface area contributed by atoms with Gasteiger partial charge in [-0.2, -0.15) is 5.10 Å². The SMILES string of the molecule is COC(=O)c1ccncc1Nc1cn(C2CCCN(C3CCC3)CC2)nc1C. The van der Waals surface area contributed by atoms with Crippen molar-refractivity contribution in [2.24, 2.45) is 0 Å². The maximum Gasteiger partial charge on any atom is 0.340 e. The lowest BCUT2D eigenvalue weighted by molar-refractivity contribution is 0.0602. The number of anilines is 2. The minimum absolute atomic E-state index is 0.380. The molecule has 2 aliphatic rings. The van der Waals surface area contributed by atoms with Crippen LogP contribution in [0.2, 0.25) is 0 Å². The molecule has 0 aromatic carbocycles. The zero-order valence-electron chi connectivity index (χ0n) is 16.7. The number of hydrogen-bond donors (Lipinski definition) is 1. The molecule has 150 valence electrons. The van der Waals surface area contributed by atoms with Gasteiger partial charge in [-0.15, -0.1) is 0 Å². The van der Waals surface area contributed by atoms with Gasteiger partial charge in [-0.05, 0) is 51.6 Å². The van der Waals surface area contributed by atoms with E-state index in [9.17, 15) is 4.79 Å². The van der Waals surface area contributed by atoms with E-state index in [-0.39, 0.29) is 5.97 Å². The molecule has 0 amide bonds. The maximum atomic E-state index is 12.0. The first-order chi connectivity index (χ1) is 13.7. The van der Waals surface area contributed by atoms with Crippen molar-refractivity contribution in [1.29, 1.82) is 0 Å². The van der Waals surface area contributed by atoms with Crippen LogP contribution >= 0.6 is 0 Å². The van der Waals surface area contributed by atoms with Crippen LogP contribution in [0, 0.1) is 6.92 Å². The second-order valence-corrected chi connectivity index (χ2v) is 7.85. The highest BCUT2D eigenvalue weighted by molar-refractivity contribution is 5.96. The van der Waals surface area contributed by atoms with Crippen molar-refractivity contribution in [2.75, 3.05) is 25.5 Å². The van der Waals surface area contributed by atoms with Gasteiger partial charge < -0.3 is 15.0 Å². The predicted octanol–water partition coefficient (Wildman–Crippen LogP) is 3.70. The van der Waals surface area contributed by atoms with Crippen molar-refractivity contribution >= 4 is 17.3 Å². The third kappa shape index (κ3) is 3.90. The average Bonchev–Trinajstić information content (AvgIpc) is 2.87. The van der Waals surface area contributed by atoms with Crippen LogP contribution in [0.15, 0.2) is 24.7 Å². The lowest BCUT2D eigenvalue weighted by Crippen LogP contribution is -2.40. The lowest BCUT2D eigenvalue weighted by atomic mass is 9.91. The number of likely N-dealkylation sites (tertiary alicyclic amines) is 1. The minimum Gasteiger partial charge on any atom is -0.465 e. The van der Waals surface area contributed by atoms with Crippen LogP contribution in [0.3, 0.4) is 0 Å². The molecule has 1 atom stereocenters. The highest BCUT2D eigenvalue weighted by atomic mass is 16.5. The second-order valence-electron chi connectivity index (χ2n) is 7.85. The van der Waals surface area contributed by atoms with Crippen LogP contribution in [0.1, 0.15) is 60.6 Å². The molecule has 1 aliphatic carbocycles. The van der Waals surface area contributed by atoms with Crippen molar-refractivity contribution in [2.45, 2.75) is 57.5 Å². The fourth-order valence-electron chi connectivity index (χ4n) is 4.20. The smallest absolute Gasteiger partial charge is 0.340 e. The van der Waals surface area contributed by atoms with Crippen molar-refractivity contribution in [3.05, 3.63) is 35.9 Å². The summed E-state index contributed by atoms with van der Waals surface area (Å²) in [5.74, 6) is -0.380. The van der Waals surface area contributed by atoms with Crippen LogP contribution in [0.25, 0.3) is 0 Å². The molecule has 0 radical (unpaired) electrons. The molecule has 3 heterocycles. The Hall–Kier alpha value is -2.41. The number of hydrogen-bond acceptors (Lipinski definition) is 6. The molecule has 7 heteroatoms. The number of carbonyl (C=O) groups is 1. The van der Waals surface area contributed by atoms with Gasteiger partial charge in [0.25, 0.3) is 0 Å². The summed E-state index contributed by atoms with van der Waals surface area (Å²) in [6.45, 7) is 4.36. The summed E-state index contributed by atoms with van der Waals surface area (Å²) in [5.41, 5.74) is 2.92. The monoisotopic (exact) mass is 383 g/mol. The van der Waals surface area contributed by atoms with Gasteiger partial charge >= 0.3 is 5.97 Å². The number of esters is 1. The van der Waals surface area contributed by atoms with Gasteiger partial charge in [0.1, 0.15) is 0 Å². The molecule has 4 rings (SSSR count). The number of ether oxygens (including phenoxy) is 1. The number of methoxy groups -OCH3 is 1. The van der Waals surface area contributed by atoms with Crippen molar-refractivity contribution in [1.82, 2.24) is 19.7 Å². The largest absolute Gasteiger partial charge is 0.465 e. The van der Waals surface area contributed by atoms with Crippen LogP contribution in [-0.4, -0.2) is 51.9 Å². The summed E-state index contributed by atoms with van der Waals surface area (Å²) < 4.78 is 6.98. The molecule has 2 aromatic heterocycles. The number of aryl methyl sites for hydroxylation is 1. The summed E-state index contributed by atoms with van der Waals surface area (Å²) in [5, 5.41) is 8.09. The zero-order valence-corrected chi connectivity index (χ0v) is 16.7. The van der Waals surface area contributed by atoms with E-state index in [0.29, 0.717) is 17.3 Å². The van der Waals surface area contributed by atoms with Crippen LogP contribution < -0.4 is 5.32 Å². The number of nitrogens with zero attached hydrogens (tertiary/aromatic N) is 4. The zero-order chi connectivity index (χ0) is 19.5. The van der Waals surface area contributed by atoms with E-state index in [1.165, 1.54) is 39.3 Å². The minimum atomic E-state index is -0.380. The third-order valence-electron chi connectivity index (χ3n) is 6.11. The van der Waals surface area contributed by atoms with E-state index in [2.05, 4.69) is 26.1 Å². The Morgan fingerprint density at radius 3 is 2.71 bits per heavy atom. The Morgan fingerprint density at radius 2 is 1.96 bits per heavy atom. The van der Waals surface area contributed by atoms with Gasteiger partial charge in [0.05, 0.1) is 42.0 Å². The molecule has 0 bridgehead atoms. The number of aromatic nitrogens is 3. The van der Waals surface area contributed by atoms with E-state index in [1.54, 1.807) is 18.5 Å². The highest BCUT2D eigenvalue weighted by Crippen LogP contribution is 2.31. The normalized spacial score (nSPS) is 21.0. The number of carbonyl (C=O) groups excluding carboxylic acids is 1. The second kappa shape index (κ2) is 8.31. The molecule has 1 unspecified atom stereocenters. The fraction of sp³-hybridized carbons (Fsp3) is 0.571. The summed E-state index contributed by atoms with van der Waals surface area (Å²) >= 11 is 0. The van der Waals surface area contributed by atoms with Gasteiger partial charge in [0, 0.05) is 25.0 Å². The van der Waals surface area contributed by atoms with Crippen molar-refractivity contribution < 1.29 is 9.53 Å². The number of nitrogens with one attached hydrogen (secondary N) is 1.